The predicted molar refractivity (Wildman–Crippen MR) is 127 cm³/mol. The van der Waals surface area contributed by atoms with E-state index in [-0.39, 0.29) is 6.10 Å². The summed E-state index contributed by atoms with van der Waals surface area (Å²) in [6, 6.07) is 6.67. The number of nitrogens with zero attached hydrogens (tertiary/aromatic N) is 3. The van der Waals surface area contributed by atoms with E-state index in [1.54, 1.807) is 46.0 Å². The van der Waals surface area contributed by atoms with Crippen LogP contribution < -0.4 is 10.2 Å². The predicted octanol–water partition coefficient (Wildman–Crippen LogP) is 4.89. The van der Waals surface area contributed by atoms with E-state index in [4.69, 9.17) is 16.3 Å². The van der Waals surface area contributed by atoms with E-state index in [0.29, 0.717) is 27.7 Å². The zero-order valence-corrected chi connectivity index (χ0v) is 20.0. The number of imide groups is 1. The van der Waals surface area contributed by atoms with Crippen molar-refractivity contribution in [1.29, 1.82) is 0 Å². The summed E-state index contributed by atoms with van der Waals surface area (Å²) in [4.78, 5) is 33.8. The lowest BCUT2D eigenvalue weighted by Gasteiger charge is -2.31. The molecule has 33 heavy (non-hydrogen) atoms. The van der Waals surface area contributed by atoms with Crippen LogP contribution in [-0.2, 0) is 4.74 Å². The third-order valence-electron chi connectivity index (χ3n) is 5.86. The summed E-state index contributed by atoms with van der Waals surface area (Å²) in [7, 11) is 0. The molecule has 1 aromatic heterocycles. The van der Waals surface area contributed by atoms with Gasteiger partial charge in [-0.3, -0.25) is 4.79 Å². The first-order valence-electron chi connectivity index (χ1n) is 11.1. The molecule has 1 aromatic carbocycles. The number of ether oxygens (including phenoxy) is 1. The van der Waals surface area contributed by atoms with Crippen LogP contribution in [0.4, 0.5) is 22.0 Å². The summed E-state index contributed by atoms with van der Waals surface area (Å²) in [6.45, 7) is 8.59. The lowest BCUT2D eigenvalue weighted by Crippen LogP contribution is -2.38. The van der Waals surface area contributed by atoms with Crippen molar-refractivity contribution in [3.63, 3.8) is 0 Å². The Morgan fingerprint density at radius 2 is 1.91 bits per heavy atom. The van der Waals surface area contributed by atoms with E-state index < -0.39 is 23.6 Å². The number of fused-ring (bicyclic) bond motifs is 1. The topological polar surface area (TPSA) is 95.0 Å². The van der Waals surface area contributed by atoms with Gasteiger partial charge in [-0.25, -0.2) is 14.7 Å². The standard InChI is InChI=1S/C24H29ClN4O4/c1-14-20-17(25)6-7-18(21(20)22(31)29(14)23(32)33-24(2,3)4)27-19-8-5-15(13-26-19)28-11-9-16(30)10-12-28/h5-8,13-14,16,30H,9-12H2,1-4H3,(H,26,27). The number of carbonyl (C=O) groups is 2. The van der Waals surface area contributed by atoms with Crippen molar-refractivity contribution in [2.24, 2.45) is 0 Å². The molecule has 2 aromatic rings. The van der Waals surface area contributed by atoms with Gasteiger partial charge in [-0.05, 0) is 64.8 Å². The fourth-order valence-corrected chi connectivity index (χ4v) is 4.54. The van der Waals surface area contributed by atoms with E-state index in [0.717, 1.165) is 36.5 Å². The number of amides is 2. The summed E-state index contributed by atoms with van der Waals surface area (Å²) in [5, 5.41) is 13.3. The lowest BCUT2D eigenvalue weighted by molar-refractivity contribution is 0.0203. The maximum Gasteiger partial charge on any atom is 0.417 e. The molecule has 0 radical (unpaired) electrons. The number of piperidine rings is 1. The van der Waals surface area contributed by atoms with Gasteiger partial charge in [-0.15, -0.1) is 0 Å². The van der Waals surface area contributed by atoms with Crippen LogP contribution in [0.1, 0.15) is 62.5 Å². The molecule has 1 atom stereocenters. The number of pyridine rings is 1. The van der Waals surface area contributed by atoms with Crippen molar-refractivity contribution in [2.45, 2.75) is 58.3 Å². The fourth-order valence-electron chi connectivity index (χ4n) is 4.22. The van der Waals surface area contributed by atoms with Crippen molar-refractivity contribution < 1.29 is 19.4 Å². The smallest absolute Gasteiger partial charge is 0.417 e. The van der Waals surface area contributed by atoms with Crippen LogP contribution in [-0.4, -0.2) is 51.8 Å². The average Bonchev–Trinajstić information content (AvgIpc) is 3.01. The second kappa shape index (κ2) is 8.83. The van der Waals surface area contributed by atoms with Gasteiger partial charge >= 0.3 is 6.09 Å². The molecule has 2 aliphatic heterocycles. The third-order valence-corrected chi connectivity index (χ3v) is 6.19. The number of hydrogen-bond acceptors (Lipinski definition) is 7. The monoisotopic (exact) mass is 472 g/mol. The molecule has 2 amide bonds. The number of anilines is 3. The first-order valence-corrected chi connectivity index (χ1v) is 11.5. The van der Waals surface area contributed by atoms with Crippen LogP contribution in [0.15, 0.2) is 30.5 Å². The minimum absolute atomic E-state index is 0.234. The quantitative estimate of drug-likeness (QED) is 0.656. The van der Waals surface area contributed by atoms with E-state index in [1.807, 2.05) is 12.1 Å². The molecule has 0 aliphatic carbocycles. The van der Waals surface area contributed by atoms with E-state index in [2.05, 4.69) is 15.2 Å². The summed E-state index contributed by atoms with van der Waals surface area (Å²) in [5.74, 6) is 0.108. The zero-order valence-electron chi connectivity index (χ0n) is 19.3. The number of carbonyl (C=O) groups excluding carboxylic acids is 2. The molecule has 4 rings (SSSR count). The number of benzene rings is 1. The van der Waals surface area contributed by atoms with Crippen molar-refractivity contribution in [1.82, 2.24) is 9.88 Å². The van der Waals surface area contributed by atoms with Gasteiger partial charge in [0.1, 0.15) is 11.4 Å². The molecule has 2 N–H and O–H groups in total. The Hall–Kier alpha value is -2.84. The number of rotatable bonds is 3. The highest BCUT2D eigenvalue weighted by atomic mass is 35.5. The van der Waals surface area contributed by atoms with E-state index in [9.17, 15) is 14.7 Å². The van der Waals surface area contributed by atoms with Gasteiger partial charge in [-0.2, -0.15) is 0 Å². The molecule has 1 saturated heterocycles. The molecule has 9 heteroatoms. The van der Waals surface area contributed by atoms with Crippen LogP contribution in [0.2, 0.25) is 5.02 Å². The molecule has 3 heterocycles. The number of aromatic nitrogens is 1. The Kier molecular flexibility index (Phi) is 6.24. The molecule has 0 spiro atoms. The van der Waals surface area contributed by atoms with Crippen LogP contribution in [0.3, 0.4) is 0 Å². The maximum absolute atomic E-state index is 13.3. The number of aliphatic hydroxyl groups excluding tert-OH is 1. The zero-order chi connectivity index (χ0) is 23.9. The number of nitrogens with one attached hydrogen (secondary N) is 1. The van der Waals surface area contributed by atoms with Crippen molar-refractivity contribution >= 4 is 40.8 Å². The fraction of sp³-hybridized carbons (Fsp3) is 0.458. The Morgan fingerprint density at radius 1 is 1.21 bits per heavy atom. The molecule has 0 bridgehead atoms. The van der Waals surface area contributed by atoms with Gasteiger partial charge in [0.25, 0.3) is 5.91 Å². The highest BCUT2D eigenvalue weighted by Crippen LogP contribution is 2.43. The van der Waals surface area contributed by atoms with Crippen molar-refractivity contribution in [3.8, 4) is 0 Å². The highest BCUT2D eigenvalue weighted by molar-refractivity contribution is 6.33. The van der Waals surface area contributed by atoms with Gasteiger partial charge in [0.2, 0.25) is 0 Å². The summed E-state index contributed by atoms with van der Waals surface area (Å²) < 4.78 is 5.44. The Balaban J connectivity index is 1.57. The summed E-state index contributed by atoms with van der Waals surface area (Å²) in [5.41, 5.74) is 1.71. The van der Waals surface area contributed by atoms with E-state index >= 15 is 0 Å². The van der Waals surface area contributed by atoms with Crippen LogP contribution in [0, 0.1) is 0 Å². The number of aliphatic hydroxyl groups is 1. The van der Waals surface area contributed by atoms with Crippen LogP contribution in [0.25, 0.3) is 0 Å². The van der Waals surface area contributed by atoms with E-state index in [1.165, 1.54) is 0 Å². The average molecular weight is 473 g/mol. The minimum Gasteiger partial charge on any atom is -0.443 e. The Bertz CT molecular complexity index is 1060. The molecule has 0 saturated carbocycles. The van der Waals surface area contributed by atoms with Crippen LogP contribution in [0.5, 0.6) is 0 Å². The van der Waals surface area contributed by atoms with Gasteiger partial charge in [0, 0.05) is 23.7 Å². The Morgan fingerprint density at radius 3 is 2.52 bits per heavy atom. The second-order valence-corrected chi connectivity index (χ2v) is 9.87. The number of halogens is 1. The summed E-state index contributed by atoms with van der Waals surface area (Å²) in [6.07, 6.45) is 2.32. The van der Waals surface area contributed by atoms with Gasteiger partial charge in [0.15, 0.2) is 0 Å². The Labute approximate surface area is 198 Å². The van der Waals surface area contributed by atoms with Gasteiger partial charge in [-0.1, -0.05) is 11.6 Å². The van der Waals surface area contributed by atoms with Crippen molar-refractivity contribution in [3.05, 3.63) is 46.6 Å². The molecular weight excluding hydrogens is 444 g/mol. The molecule has 2 aliphatic rings. The molecule has 8 nitrogen and oxygen atoms in total. The van der Waals surface area contributed by atoms with Crippen molar-refractivity contribution in [2.75, 3.05) is 23.3 Å². The SMILES string of the molecule is CC1c2c(Cl)ccc(Nc3ccc(N4CCC(O)CC4)cn3)c2C(=O)N1C(=O)OC(C)(C)C. The first kappa shape index (κ1) is 23.3. The third kappa shape index (κ3) is 4.77. The maximum atomic E-state index is 13.3. The molecular formula is C24H29ClN4O4. The molecule has 176 valence electrons. The van der Waals surface area contributed by atoms with Gasteiger partial charge < -0.3 is 20.1 Å². The van der Waals surface area contributed by atoms with Crippen LogP contribution >= 0.6 is 11.6 Å². The van der Waals surface area contributed by atoms with Gasteiger partial charge in [0.05, 0.1) is 35.3 Å². The second-order valence-electron chi connectivity index (χ2n) is 9.46. The first-order chi connectivity index (χ1) is 15.5. The molecule has 1 fully saturated rings. The molecule has 1 unspecified atom stereocenters. The number of hydrogen-bond donors (Lipinski definition) is 2. The minimum atomic E-state index is -0.727. The summed E-state index contributed by atoms with van der Waals surface area (Å²) >= 11 is 6.43. The largest absolute Gasteiger partial charge is 0.443 e. The highest BCUT2D eigenvalue weighted by Gasteiger charge is 2.43. The lowest BCUT2D eigenvalue weighted by atomic mass is 10.0. The normalized spacial score (nSPS) is 19.0.